The van der Waals surface area contributed by atoms with Crippen LogP contribution < -0.4 is 15.4 Å². The Morgan fingerprint density at radius 1 is 0.750 bits per heavy atom. The molecule has 2 amide bonds. The molecule has 2 N–H and O–H groups in total. The molecule has 0 aliphatic carbocycles. The minimum Gasteiger partial charge on any atom is -0.473 e. The van der Waals surface area contributed by atoms with Crippen molar-refractivity contribution in [1.29, 1.82) is 0 Å². The van der Waals surface area contributed by atoms with Crippen molar-refractivity contribution in [2.45, 2.75) is 6.61 Å². The third kappa shape index (κ3) is 5.54. The monoisotopic (exact) mass is 424 g/mol. The van der Waals surface area contributed by atoms with Crippen molar-refractivity contribution in [1.82, 2.24) is 9.97 Å². The van der Waals surface area contributed by atoms with Crippen molar-refractivity contribution < 1.29 is 14.3 Å². The van der Waals surface area contributed by atoms with E-state index in [-0.39, 0.29) is 11.8 Å². The number of benzene rings is 2. The normalized spacial score (nSPS) is 10.2. The van der Waals surface area contributed by atoms with E-state index in [1.807, 2.05) is 30.3 Å². The zero-order valence-corrected chi connectivity index (χ0v) is 17.1. The first-order valence-corrected chi connectivity index (χ1v) is 9.93. The van der Waals surface area contributed by atoms with E-state index >= 15 is 0 Å². The molecule has 0 fully saturated rings. The maximum Gasteiger partial charge on any atom is 0.257 e. The molecule has 32 heavy (non-hydrogen) atoms. The van der Waals surface area contributed by atoms with E-state index in [4.69, 9.17) is 4.74 Å². The van der Waals surface area contributed by atoms with E-state index < -0.39 is 0 Å². The molecule has 2 heterocycles. The van der Waals surface area contributed by atoms with Gasteiger partial charge in [-0.3, -0.25) is 14.6 Å². The van der Waals surface area contributed by atoms with E-state index in [1.165, 1.54) is 12.4 Å². The van der Waals surface area contributed by atoms with Gasteiger partial charge in [-0.1, -0.05) is 36.4 Å². The smallest absolute Gasteiger partial charge is 0.257 e. The number of rotatable bonds is 7. The van der Waals surface area contributed by atoms with Gasteiger partial charge in [-0.05, 0) is 42.0 Å². The van der Waals surface area contributed by atoms with Gasteiger partial charge in [0, 0.05) is 29.7 Å². The molecule has 4 rings (SSSR count). The molecule has 0 saturated heterocycles. The number of pyridine rings is 2. The van der Waals surface area contributed by atoms with Crippen molar-refractivity contribution in [3.05, 3.63) is 114 Å². The van der Waals surface area contributed by atoms with Crippen molar-refractivity contribution >= 4 is 23.2 Å². The SMILES string of the molecule is O=C(Nc1cccc(C(=O)Nc2ccc(OCc3ccccc3)nc2)c1)c1cccnc1. The number of amides is 2. The Kier molecular flexibility index (Phi) is 6.48. The van der Waals surface area contributed by atoms with Gasteiger partial charge in [0.1, 0.15) is 6.61 Å². The summed E-state index contributed by atoms with van der Waals surface area (Å²) in [5.74, 6) is -0.153. The second-order valence-electron chi connectivity index (χ2n) is 6.89. The number of aromatic nitrogens is 2. The summed E-state index contributed by atoms with van der Waals surface area (Å²) in [4.78, 5) is 33.1. The van der Waals surface area contributed by atoms with Gasteiger partial charge in [0.05, 0.1) is 17.4 Å². The predicted molar refractivity (Wildman–Crippen MR) is 122 cm³/mol. The highest BCUT2D eigenvalue weighted by Gasteiger charge is 2.10. The van der Waals surface area contributed by atoms with Crippen molar-refractivity contribution in [3.63, 3.8) is 0 Å². The Labute approximate surface area is 185 Å². The van der Waals surface area contributed by atoms with Crippen molar-refractivity contribution in [2.75, 3.05) is 10.6 Å². The molecule has 0 spiro atoms. The fourth-order valence-corrected chi connectivity index (χ4v) is 2.91. The molecule has 0 unspecified atom stereocenters. The maximum absolute atomic E-state index is 12.6. The maximum atomic E-state index is 12.6. The molecule has 0 aliphatic heterocycles. The summed E-state index contributed by atoms with van der Waals surface area (Å²) in [5, 5.41) is 5.56. The first kappa shape index (κ1) is 20.7. The summed E-state index contributed by atoms with van der Waals surface area (Å²) in [6.07, 6.45) is 4.61. The lowest BCUT2D eigenvalue weighted by atomic mass is 10.1. The molecule has 0 radical (unpaired) electrons. The molecule has 2 aromatic heterocycles. The largest absolute Gasteiger partial charge is 0.473 e. The standard InChI is InChI=1S/C25H20N4O3/c30-24(19-8-4-10-21(14-19)28-25(31)20-9-5-13-26-15-20)29-22-11-12-23(27-16-22)32-17-18-6-2-1-3-7-18/h1-16H,17H2,(H,28,31)(H,29,30). The van der Waals surface area contributed by atoms with Crippen LogP contribution in [0.5, 0.6) is 5.88 Å². The summed E-state index contributed by atoms with van der Waals surface area (Å²) >= 11 is 0. The highest BCUT2D eigenvalue weighted by molar-refractivity contribution is 6.07. The zero-order valence-electron chi connectivity index (χ0n) is 17.1. The third-order valence-electron chi connectivity index (χ3n) is 4.53. The predicted octanol–water partition coefficient (Wildman–Crippen LogP) is 4.56. The van der Waals surface area contributed by atoms with E-state index in [1.54, 1.807) is 54.7 Å². The number of hydrogen-bond acceptors (Lipinski definition) is 5. The van der Waals surface area contributed by atoms with Gasteiger partial charge in [0.25, 0.3) is 11.8 Å². The first-order valence-electron chi connectivity index (χ1n) is 9.93. The van der Waals surface area contributed by atoms with Gasteiger partial charge in [-0.15, -0.1) is 0 Å². The van der Waals surface area contributed by atoms with Crippen LogP contribution in [0.3, 0.4) is 0 Å². The molecular weight excluding hydrogens is 404 g/mol. The van der Waals surface area contributed by atoms with Crippen LogP contribution in [0.1, 0.15) is 26.3 Å². The van der Waals surface area contributed by atoms with Gasteiger partial charge < -0.3 is 15.4 Å². The summed E-state index contributed by atoms with van der Waals surface area (Å²) < 4.78 is 5.66. The molecule has 4 aromatic rings. The van der Waals surface area contributed by atoms with Crippen LogP contribution >= 0.6 is 0 Å². The van der Waals surface area contributed by atoms with Crippen molar-refractivity contribution in [3.8, 4) is 5.88 Å². The van der Waals surface area contributed by atoms with E-state index in [9.17, 15) is 9.59 Å². The Hall–Kier alpha value is -4.52. The van der Waals surface area contributed by atoms with Gasteiger partial charge in [-0.2, -0.15) is 0 Å². The van der Waals surface area contributed by atoms with Gasteiger partial charge in [0.2, 0.25) is 5.88 Å². The lowest BCUT2D eigenvalue weighted by Gasteiger charge is -2.09. The molecule has 7 heteroatoms. The number of carbonyl (C=O) groups is 2. The summed E-state index contributed by atoms with van der Waals surface area (Å²) in [7, 11) is 0. The number of anilines is 2. The Balaban J connectivity index is 1.35. The van der Waals surface area contributed by atoms with Crippen LogP contribution in [-0.4, -0.2) is 21.8 Å². The molecule has 0 aliphatic rings. The molecular formula is C25H20N4O3. The quantitative estimate of drug-likeness (QED) is 0.454. The van der Waals surface area contributed by atoms with Crippen LogP contribution in [0.4, 0.5) is 11.4 Å². The zero-order chi connectivity index (χ0) is 22.2. The summed E-state index contributed by atoms with van der Waals surface area (Å²) in [5.41, 5.74) is 2.92. The second-order valence-corrected chi connectivity index (χ2v) is 6.89. The number of hydrogen-bond donors (Lipinski definition) is 2. The van der Waals surface area contributed by atoms with Crippen LogP contribution in [0.2, 0.25) is 0 Å². The van der Waals surface area contributed by atoms with Crippen molar-refractivity contribution in [2.24, 2.45) is 0 Å². The molecule has 7 nitrogen and oxygen atoms in total. The lowest BCUT2D eigenvalue weighted by molar-refractivity contribution is 0.101. The average molecular weight is 424 g/mol. The fourth-order valence-electron chi connectivity index (χ4n) is 2.91. The van der Waals surface area contributed by atoms with Crippen LogP contribution in [0.25, 0.3) is 0 Å². The van der Waals surface area contributed by atoms with Gasteiger partial charge in [0.15, 0.2) is 0 Å². The molecule has 2 aromatic carbocycles. The second kappa shape index (κ2) is 9.99. The van der Waals surface area contributed by atoms with Gasteiger partial charge in [-0.25, -0.2) is 4.98 Å². The molecule has 0 atom stereocenters. The third-order valence-corrected chi connectivity index (χ3v) is 4.53. The summed E-state index contributed by atoms with van der Waals surface area (Å²) in [6.45, 7) is 0.414. The minimum atomic E-state index is -0.317. The molecule has 0 saturated carbocycles. The Morgan fingerprint density at radius 3 is 2.28 bits per heavy atom. The van der Waals surface area contributed by atoms with E-state index in [2.05, 4.69) is 20.6 Å². The van der Waals surface area contributed by atoms with E-state index in [0.717, 1.165) is 5.56 Å². The highest BCUT2D eigenvalue weighted by Crippen LogP contribution is 2.16. The highest BCUT2D eigenvalue weighted by atomic mass is 16.5. The van der Waals surface area contributed by atoms with E-state index in [0.29, 0.717) is 35.0 Å². The fraction of sp³-hybridized carbons (Fsp3) is 0.0400. The Morgan fingerprint density at radius 2 is 1.53 bits per heavy atom. The number of ether oxygens (including phenoxy) is 1. The number of carbonyl (C=O) groups excluding carboxylic acids is 2. The van der Waals surface area contributed by atoms with Crippen LogP contribution in [-0.2, 0) is 6.61 Å². The van der Waals surface area contributed by atoms with Gasteiger partial charge >= 0.3 is 0 Å². The molecule has 0 bridgehead atoms. The molecule has 158 valence electrons. The number of nitrogens with one attached hydrogen (secondary N) is 2. The van der Waals surface area contributed by atoms with Crippen LogP contribution in [0.15, 0.2) is 97.5 Å². The Bertz CT molecular complexity index is 1200. The first-order chi connectivity index (χ1) is 15.7. The topological polar surface area (TPSA) is 93.2 Å². The number of nitrogens with zero attached hydrogens (tertiary/aromatic N) is 2. The summed E-state index contributed by atoms with van der Waals surface area (Å²) in [6, 6.07) is 23.2. The minimum absolute atomic E-state index is 0.300. The van der Waals surface area contributed by atoms with Crippen LogP contribution in [0, 0.1) is 0 Å². The lowest BCUT2D eigenvalue weighted by Crippen LogP contribution is -2.15. The average Bonchev–Trinajstić information content (AvgIpc) is 2.85.